The van der Waals surface area contributed by atoms with Gasteiger partial charge < -0.3 is 9.26 Å². The molecule has 1 aliphatic heterocycles. The molecule has 0 bridgehead atoms. The fraction of sp³-hybridized carbons (Fsp3) is 0.556. The highest BCUT2D eigenvalue weighted by molar-refractivity contribution is 5.36. The molecule has 2 aromatic rings. The van der Waals surface area contributed by atoms with E-state index in [-0.39, 0.29) is 6.04 Å². The SMILES string of the molecule is COc1ccc(C)cc1CN1CCN([C@@H](C)c2nc(C)no2)CC1. The maximum atomic E-state index is 5.50. The summed E-state index contributed by atoms with van der Waals surface area (Å²) >= 11 is 0. The van der Waals surface area contributed by atoms with Crippen LogP contribution in [-0.2, 0) is 6.54 Å². The molecule has 6 heteroatoms. The maximum absolute atomic E-state index is 5.50. The molecule has 2 heterocycles. The predicted molar refractivity (Wildman–Crippen MR) is 92.0 cm³/mol. The summed E-state index contributed by atoms with van der Waals surface area (Å²) in [5.41, 5.74) is 2.52. The third-order valence-corrected chi connectivity index (χ3v) is 4.69. The summed E-state index contributed by atoms with van der Waals surface area (Å²) in [6.45, 7) is 11.1. The molecular formula is C18H26N4O2. The minimum atomic E-state index is 0.168. The average molecular weight is 330 g/mol. The van der Waals surface area contributed by atoms with Crippen molar-refractivity contribution in [1.82, 2.24) is 19.9 Å². The summed E-state index contributed by atoms with van der Waals surface area (Å²) in [6.07, 6.45) is 0. The number of piperazine rings is 1. The second-order valence-corrected chi connectivity index (χ2v) is 6.48. The summed E-state index contributed by atoms with van der Waals surface area (Å²) in [7, 11) is 1.74. The van der Waals surface area contributed by atoms with Gasteiger partial charge in [0.15, 0.2) is 5.82 Å². The zero-order valence-corrected chi connectivity index (χ0v) is 15.0. The highest BCUT2D eigenvalue weighted by atomic mass is 16.5. The van der Waals surface area contributed by atoms with Crippen LogP contribution in [0.4, 0.5) is 0 Å². The molecule has 1 aromatic carbocycles. The smallest absolute Gasteiger partial charge is 0.243 e. The summed E-state index contributed by atoms with van der Waals surface area (Å²) < 4.78 is 10.8. The van der Waals surface area contributed by atoms with Crippen molar-refractivity contribution in [3.05, 3.63) is 41.0 Å². The third-order valence-electron chi connectivity index (χ3n) is 4.69. The van der Waals surface area contributed by atoms with Crippen LogP contribution in [0.15, 0.2) is 22.7 Å². The first-order valence-electron chi connectivity index (χ1n) is 8.47. The number of rotatable bonds is 5. The number of hydrogen-bond acceptors (Lipinski definition) is 6. The van der Waals surface area contributed by atoms with Gasteiger partial charge in [0.1, 0.15) is 5.75 Å². The molecule has 1 aromatic heterocycles. The zero-order chi connectivity index (χ0) is 17.1. The van der Waals surface area contributed by atoms with E-state index in [0.717, 1.165) is 38.5 Å². The van der Waals surface area contributed by atoms with Gasteiger partial charge in [-0.15, -0.1) is 0 Å². The Kier molecular flexibility index (Phi) is 5.16. The Morgan fingerprint density at radius 2 is 1.96 bits per heavy atom. The van der Waals surface area contributed by atoms with Crippen LogP contribution < -0.4 is 4.74 Å². The average Bonchev–Trinajstić information content (AvgIpc) is 3.02. The molecule has 0 unspecified atom stereocenters. The molecule has 0 radical (unpaired) electrons. The zero-order valence-electron chi connectivity index (χ0n) is 15.0. The van der Waals surface area contributed by atoms with Crippen LogP contribution in [-0.4, -0.2) is 53.2 Å². The Morgan fingerprint density at radius 1 is 1.21 bits per heavy atom. The molecule has 130 valence electrons. The minimum Gasteiger partial charge on any atom is -0.496 e. The van der Waals surface area contributed by atoms with E-state index >= 15 is 0 Å². The normalized spacial score (nSPS) is 17.8. The van der Waals surface area contributed by atoms with Gasteiger partial charge in [0.2, 0.25) is 5.89 Å². The van der Waals surface area contributed by atoms with E-state index in [1.165, 1.54) is 11.1 Å². The van der Waals surface area contributed by atoms with Crippen LogP contribution in [0.2, 0.25) is 0 Å². The molecule has 0 amide bonds. The molecule has 0 N–H and O–H groups in total. The van der Waals surface area contributed by atoms with E-state index < -0.39 is 0 Å². The van der Waals surface area contributed by atoms with Crippen molar-refractivity contribution < 1.29 is 9.26 Å². The summed E-state index contributed by atoms with van der Waals surface area (Å²) in [6, 6.07) is 6.53. The van der Waals surface area contributed by atoms with Gasteiger partial charge in [-0.2, -0.15) is 4.98 Å². The van der Waals surface area contributed by atoms with Crippen molar-refractivity contribution in [3.8, 4) is 5.75 Å². The molecule has 0 aliphatic carbocycles. The van der Waals surface area contributed by atoms with Gasteiger partial charge >= 0.3 is 0 Å². The van der Waals surface area contributed by atoms with Crippen molar-refractivity contribution in [2.24, 2.45) is 0 Å². The lowest BCUT2D eigenvalue weighted by atomic mass is 10.1. The summed E-state index contributed by atoms with van der Waals surface area (Å²) in [4.78, 5) is 9.23. The maximum Gasteiger partial charge on any atom is 0.243 e. The minimum absolute atomic E-state index is 0.168. The first-order valence-corrected chi connectivity index (χ1v) is 8.47. The highest BCUT2D eigenvalue weighted by Gasteiger charge is 2.25. The summed E-state index contributed by atoms with van der Waals surface area (Å²) in [5, 5.41) is 3.89. The quantitative estimate of drug-likeness (QED) is 0.840. The number of nitrogens with zero attached hydrogens (tertiary/aromatic N) is 4. The molecular weight excluding hydrogens is 304 g/mol. The Bertz CT molecular complexity index is 677. The molecule has 1 fully saturated rings. The van der Waals surface area contributed by atoms with Gasteiger partial charge in [-0.1, -0.05) is 22.9 Å². The van der Waals surface area contributed by atoms with Gasteiger partial charge in [-0.25, -0.2) is 0 Å². The van der Waals surface area contributed by atoms with Crippen molar-refractivity contribution in [3.63, 3.8) is 0 Å². The predicted octanol–water partition coefficient (Wildman–Crippen LogP) is 2.57. The lowest BCUT2D eigenvalue weighted by Crippen LogP contribution is -2.46. The lowest BCUT2D eigenvalue weighted by Gasteiger charge is -2.37. The van der Waals surface area contributed by atoms with Crippen molar-refractivity contribution in [2.75, 3.05) is 33.3 Å². The van der Waals surface area contributed by atoms with E-state index in [2.05, 4.69) is 52.0 Å². The van der Waals surface area contributed by atoms with Crippen LogP contribution in [0, 0.1) is 13.8 Å². The number of aromatic nitrogens is 2. The van der Waals surface area contributed by atoms with Crippen LogP contribution in [0.1, 0.15) is 35.8 Å². The monoisotopic (exact) mass is 330 g/mol. The second-order valence-electron chi connectivity index (χ2n) is 6.48. The Balaban J connectivity index is 1.58. The Hall–Kier alpha value is -1.92. The highest BCUT2D eigenvalue weighted by Crippen LogP contribution is 2.24. The molecule has 3 rings (SSSR count). The van der Waals surface area contributed by atoms with Gasteiger partial charge in [0.25, 0.3) is 0 Å². The van der Waals surface area contributed by atoms with E-state index in [4.69, 9.17) is 9.26 Å². The molecule has 24 heavy (non-hydrogen) atoms. The Labute approximate surface area is 143 Å². The van der Waals surface area contributed by atoms with E-state index in [0.29, 0.717) is 11.7 Å². The molecule has 6 nitrogen and oxygen atoms in total. The molecule has 0 saturated carbocycles. The summed E-state index contributed by atoms with van der Waals surface area (Å²) in [5.74, 6) is 2.38. The molecule has 1 aliphatic rings. The van der Waals surface area contributed by atoms with Crippen molar-refractivity contribution in [1.29, 1.82) is 0 Å². The van der Waals surface area contributed by atoms with E-state index in [1.807, 2.05) is 6.92 Å². The first kappa shape index (κ1) is 16.9. The van der Waals surface area contributed by atoms with Gasteiger partial charge in [0.05, 0.1) is 13.2 Å². The Morgan fingerprint density at radius 3 is 2.58 bits per heavy atom. The van der Waals surface area contributed by atoms with Gasteiger partial charge in [-0.05, 0) is 26.8 Å². The number of hydrogen-bond donors (Lipinski definition) is 0. The lowest BCUT2D eigenvalue weighted by molar-refractivity contribution is 0.0841. The number of benzene rings is 1. The standard InChI is InChI=1S/C18H26N4O2/c1-13-5-6-17(23-4)16(11-13)12-21-7-9-22(10-8-21)14(2)18-19-15(3)20-24-18/h5-6,11,14H,7-10,12H2,1-4H3/t14-/m0/s1. The van der Waals surface area contributed by atoms with Gasteiger partial charge in [-0.3, -0.25) is 9.80 Å². The third kappa shape index (κ3) is 3.76. The molecule has 0 spiro atoms. The van der Waals surface area contributed by atoms with E-state index in [1.54, 1.807) is 7.11 Å². The van der Waals surface area contributed by atoms with E-state index in [9.17, 15) is 0 Å². The van der Waals surface area contributed by atoms with Crippen molar-refractivity contribution in [2.45, 2.75) is 33.4 Å². The number of aryl methyl sites for hydroxylation is 2. The molecule has 1 atom stereocenters. The fourth-order valence-electron chi connectivity index (χ4n) is 3.22. The number of ether oxygens (including phenoxy) is 1. The largest absolute Gasteiger partial charge is 0.496 e. The van der Waals surface area contributed by atoms with Crippen LogP contribution in [0.3, 0.4) is 0 Å². The molecule has 1 saturated heterocycles. The van der Waals surface area contributed by atoms with Crippen LogP contribution >= 0.6 is 0 Å². The van der Waals surface area contributed by atoms with Crippen LogP contribution in [0.5, 0.6) is 5.75 Å². The number of methoxy groups -OCH3 is 1. The van der Waals surface area contributed by atoms with Gasteiger partial charge in [0, 0.05) is 38.3 Å². The van der Waals surface area contributed by atoms with Crippen molar-refractivity contribution >= 4 is 0 Å². The second kappa shape index (κ2) is 7.32. The topological polar surface area (TPSA) is 54.6 Å². The first-order chi connectivity index (χ1) is 11.6. The van der Waals surface area contributed by atoms with Crippen LogP contribution in [0.25, 0.3) is 0 Å². The fourth-order valence-corrected chi connectivity index (χ4v) is 3.22.